The Kier molecular flexibility index (Phi) is 7.91. The van der Waals surface area contributed by atoms with Gasteiger partial charge in [0.05, 0.1) is 12.3 Å². The Bertz CT molecular complexity index is 732. The molecule has 4 amide bonds. The fraction of sp³-hybridized carbons (Fsp3) is 0.737. The quantitative estimate of drug-likeness (QED) is 0.651. The van der Waals surface area contributed by atoms with Gasteiger partial charge in [-0.15, -0.1) is 10.2 Å². The van der Waals surface area contributed by atoms with Crippen LogP contribution in [0, 0.1) is 0 Å². The van der Waals surface area contributed by atoms with Crippen LogP contribution in [0.25, 0.3) is 0 Å². The zero-order valence-corrected chi connectivity index (χ0v) is 17.8. The Balaban J connectivity index is 1.50. The second kappa shape index (κ2) is 10.6. The van der Waals surface area contributed by atoms with Crippen molar-refractivity contribution in [2.24, 2.45) is 0 Å². The van der Waals surface area contributed by atoms with Crippen LogP contribution in [0.4, 0.5) is 4.79 Å². The van der Waals surface area contributed by atoms with E-state index in [1.165, 1.54) is 11.8 Å². The number of imide groups is 1. The molecule has 2 aliphatic rings. The van der Waals surface area contributed by atoms with Gasteiger partial charge < -0.3 is 14.8 Å². The molecule has 1 aliphatic heterocycles. The van der Waals surface area contributed by atoms with Crippen LogP contribution in [0.3, 0.4) is 0 Å². The minimum Gasteiger partial charge on any atom is -0.335 e. The highest BCUT2D eigenvalue weighted by molar-refractivity contribution is 7.99. The van der Waals surface area contributed by atoms with E-state index < -0.39 is 6.03 Å². The summed E-state index contributed by atoms with van der Waals surface area (Å²) in [7, 11) is 0. The van der Waals surface area contributed by atoms with E-state index in [1.54, 1.807) is 0 Å². The van der Waals surface area contributed by atoms with Gasteiger partial charge in [0.1, 0.15) is 0 Å². The summed E-state index contributed by atoms with van der Waals surface area (Å²) in [5.41, 5.74) is 0. The highest BCUT2D eigenvalue weighted by Crippen LogP contribution is 2.20. The van der Waals surface area contributed by atoms with Gasteiger partial charge >= 0.3 is 6.03 Å². The first-order valence-electron chi connectivity index (χ1n) is 10.5. The number of hydrogen-bond donors (Lipinski definition) is 2. The number of carbonyl (C=O) groups excluding carboxylic acids is 3. The molecule has 1 aliphatic carbocycles. The summed E-state index contributed by atoms with van der Waals surface area (Å²) >= 11 is 1.25. The van der Waals surface area contributed by atoms with Crippen molar-refractivity contribution in [3.05, 3.63) is 5.82 Å². The van der Waals surface area contributed by atoms with Gasteiger partial charge in [-0.2, -0.15) is 0 Å². The van der Waals surface area contributed by atoms with Gasteiger partial charge in [-0.25, -0.2) is 4.79 Å². The summed E-state index contributed by atoms with van der Waals surface area (Å²) in [6.45, 7) is 3.82. The second-order valence-corrected chi connectivity index (χ2v) is 8.50. The van der Waals surface area contributed by atoms with Gasteiger partial charge in [0, 0.05) is 25.6 Å². The molecule has 29 heavy (non-hydrogen) atoms. The average molecular weight is 423 g/mol. The first-order valence-corrected chi connectivity index (χ1v) is 11.5. The third-order valence-corrected chi connectivity index (χ3v) is 6.36. The topological polar surface area (TPSA) is 109 Å². The number of likely N-dealkylation sites (tertiary alicyclic amines) is 1. The molecule has 2 heterocycles. The number of nitrogens with one attached hydrogen (secondary N) is 2. The van der Waals surface area contributed by atoms with E-state index in [4.69, 9.17) is 0 Å². The van der Waals surface area contributed by atoms with Crippen molar-refractivity contribution in [1.82, 2.24) is 30.3 Å². The van der Waals surface area contributed by atoms with E-state index in [9.17, 15) is 14.4 Å². The first-order chi connectivity index (χ1) is 14.1. The van der Waals surface area contributed by atoms with Crippen molar-refractivity contribution in [1.29, 1.82) is 0 Å². The summed E-state index contributed by atoms with van der Waals surface area (Å²) in [4.78, 5) is 38.1. The molecule has 0 radical (unpaired) electrons. The van der Waals surface area contributed by atoms with E-state index in [-0.39, 0.29) is 23.6 Å². The Hall–Kier alpha value is -2.10. The molecule has 0 atom stereocenters. The van der Waals surface area contributed by atoms with Crippen LogP contribution in [-0.2, 0) is 22.7 Å². The van der Waals surface area contributed by atoms with E-state index in [2.05, 4.69) is 20.8 Å². The Labute approximate surface area is 175 Å². The lowest BCUT2D eigenvalue weighted by atomic mass is 10.2. The van der Waals surface area contributed by atoms with Crippen molar-refractivity contribution >= 4 is 29.6 Å². The van der Waals surface area contributed by atoms with Crippen molar-refractivity contribution in [3.63, 3.8) is 0 Å². The minimum atomic E-state index is -0.431. The Morgan fingerprint density at radius 3 is 2.69 bits per heavy atom. The smallest absolute Gasteiger partial charge is 0.321 e. The highest BCUT2D eigenvalue weighted by atomic mass is 32.2. The fourth-order valence-electron chi connectivity index (χ4n) is 3.82. The molecule has 9 nitrogen and oxygen atoms in total. The number of urea groups is 1. The monoisotopic (exact) mass is 422 g/mol. The number of aromatic nitrogens is 3. The number of nitrogens with zero attached hydrogens (tertiary/aromatic N) is 4. The third-order valence-electron chi connectivity index (χ3n) is 5.39. The molecule has 2 N–H and O–H groups in total. The van der Waals surface area contributed by atoms with Gasteiger partial charge in [-0.05, 0) is 32.6 Å². The van der Waals surface area contributed by atoms with Gasteiger partial charge in [0.15, 0.2) is 11.0 Å². The molecule has 10 heteroatoms. The zero-order valence-electron chi connectivity index (χ0n) is 17.0. The van der Waals surface area contributed by atoms with Crippen molar-refractivity contribution in [2.45, 2.75) is 82.6 Å². The fourth-order valence-corrected chi connectivity index (χ4v) is 4.64. The predicted octanol–water partition coefficient (Wildman–Crippen LogP) is 2.06. The van der Waals surface area contributed by atoms with Crippen LogP contribution in [0.2, 0.25) is 0 Å². The number of thioether (sulfide) groups is 1. The van der Waals surface area contributed by atoms with Crippen LogP contribution in [0.5, 0.6) is 0 Å². The zero-order chi connectivity index (χ0) is 20.6. The molecule has 3 rings (SSSR count). The normalized spacial score (nSPS) is 18.0. The van der Waals surface area contributed by atoms with Crippen LogP contribution >= 0.6 is 11.8 Å². The lowest BCUT2D eigenvalue weighted by molar-refractivity contribution is -0.131. The molecular weight excluding hydrogens is 392 g/mol. The van der Waals surface area contributed by atoms with E-state index in [0.717, 1.165) is 57.3 Å². The minimum absolute atomic E-state index is 0.0822. The molecule has 1 saturated heterocycles. The summed E-state index contributed by atoms with van der Waals surface area (Å²) < 4.78 is 1.93. The molecule has 0 spiro atoms. The van der Waals surface area contributed by atoms with Crippen LogP contribution in [0.15, 0.2) is 5.16 Å². The van der Waals surface area contributed by atoms with Gasteiger partial charge in [0.25, 0.3) is 0 Å². The number of hydrogen-bond acceptors (Lipinski definition) is 6. The van der Waals surface area contributed by atoms with Crippen molar-refractivity contribution in [3.8, 4) is 0 Å². The van der Waals surface area contributed by atoms with E-state index in [0.29, 0.717) is 24.7 Å². The van der Waals surface area contributed by atoms with Gasteiger partial charge in [-0.1, -0.05) is 31.0 Å². The van der Waals surface area contributed by atoms with Crippen molar-refractivity contribution in [2.75, 3.05) is 12.3 Å². The third kappa shape index (κ3) is 6.19. The molecule has 0 bridgehead atoms. The van der Waals surface area contributed by atoms with Gasteiger partial charge in [-0.3, -0.25) is 14.9 Å². The lowest BCUT2D eigenvalue weighted by Gasteiger charge is -2.20. The molecule has 160 valence electrons. The van der Waals surface area contributed by atoms with E-state index in [1.807, 2.05) is 16.4 Å². The predicted molar refractivity (Wildman–Crippen MR) is 109 cm³/mol. The molecule has 2 fully saturated rings. The van der Waals surface area contributed by atoms with Crippen LogP contribution in [-0.4, -0.2) is 55.8 Å². The Morgan fingerprint density at radius 1 is 1.14 bits per heavy atom. The van der Waals surface area contributed by atoms with Crippen LogP contribution < -0.4 is 10.6 Å². The molecule has 0 unspecified atom stereocenters. The average Bonchev–Trinajstić information content (AvgIpc) is 3.29. The van der Waals surface area contributed by atoms with Crippen LogP contribution in [0.1, 0.15) is 64.1 Å². The molecule has 1 aromatic heterocycles. The van der Waals surface area contributed by atoms with Gasteiger partial charge in [0.2, 0.25) is 11.8 Å². The number of carbonyl (C=O) groups is 3. The summed E-state index contributed by atoms with van der Waals surface area (Å²) in [6, 6.07) is -0.261. The molecule has 1 saturated carbocycles. The summed E-state index contributed by atoms with van der Waals surface area (Å²) in [5.74, 6) is 0.610. The van der Waals surface area contributed by atoms with Crippen molar-refractivity contribution < 1.29 is 14.4 Å². The maximum atomic E-state index is 12.2. The molecular formula is C19H30N6O3S. The number of amides is 4. The SMILES string of the molecule is CCn1c(CN2CCCCCC2=O)nnc1SCC(=O)NC(=O)NC1CCCC1. The molecule has 1 aromatic rings. The van der Waals surface area contributed by atoms with E-state index >= 15 is 0 Å². The number of rotatable bonds is 7. The maximum Gasteiger partial charge on any atom is 0.321 e. The summed E-state index contributed by atoms with van der Waals surface area (Å²) in [5, 5.41) is 14.3. The largest absolute Gasteiger partial charge is 0.335 e. The lowest BCUT2D eigenvalue weighted by Crippen LogP contribution is -2.44. The maximum absolute atomic E-state index is 12.2. The molecule has 0 aromatic carbocycles. The standard InChI is InChI=1S/C19H30N6O3S/c1-2-25-15(12-24-11-7-3-4-10-17(24)27)22-23-19(25)29-13-16(26)21-18(28)20-14-8-5-6-9-14/h14H,2-13H2,1H3,(H2,20,21,26,28). The Morgan fingerprint density at radius 2 is 1.93 bits per heavy atom. The second-order valence-electron chi connectivity index (χ2n) is 7.56. The summed E-state index contributed by atoms with van der Waals surface area (Å²) in [6.07, 6.45) is 7.80. The highest BCUT2D eigenvalue weighted by Gasteiger charge is 2.22. The first kappa shape index (κ1) is 21.6.